The van der Waals surface area contributed by atoms with E-state index in [1.807, 2.05) is 9.80 Å². The maximum absolute atomic E-state index is 12.2. The lowest BCUT2D eigenvalue weighted by Crippen LogP contribution is -2.11. The highest BCUT2D eigenvalue weighted by molar-refractivity contribution is 8.03. The molecule has 1 amide bonds. The summed E-state index contributed by atoms with van der Waals surface area (Å²) in [5.74, 6) is -0.181. The van der Waals surface area contributed by atoms with Crippen LogP contribution < -0.4 is 5.32 Å². The number of aromatic nitrogens is 2. The van der Waals surface area contributed by atoms with Crippen LogP contribution in [-0.4, -0.2) is 15.3 Å². The molecule has 3 aromatic rings. The van der Waals surface area contributed by atoms with Crippen LogP contribution in [-0.2, 0) is 0 Å². The summed E-state index contributed by atoms with van der Waals surface area (Å²) in [6.45, 7) is 0. The summed E-state index contributed by atoms with van der Waals surface area (Å²) in [6.07, 6.45) is 5.18. The number of fused-ring (bicyclic) bond motifs is 1. The average molecular weight is 294 g/mol. The van der Waals surface area contributed by atoms with Gasteiger partial charge in [-0.25, -0.2) is 4.98 Å². The van der Waals surface area contributed by atoms with Gasteiger partial charge >= 0.3 is 0 Å². The van der Waals surface area contributed by atoms with Crippen LogP contribution in [0.4, 0.5) is 5.69 Å². The van der Waals surface area contributed by atoms with E-state index >= 15 is 0 Å². The lowest BCUT2D eigenvalue weighted by Gasteiger charge is -2.06. The van der Waals surface area contributed by atoms with Crippen LogP contribution in [0.1, 0.15) is 10.4 Å². The van der Waals surface area contributed by atoms with Crippen molar-refractivity contribution in [2.45, 2.75) is 4.90 Å². The predicted molar refractivity (Wildman–Crippen MR) is 81.1 cm³/mol. The Morgan fingerprint density at radius 3 is 2.86 bits per heavy atom. The highest BCUT2D eigenvalue weighted by Crippen LogP contribution is 2.19. The molecule has 0 unspecified atom stereocenters. The molecule has 0 radical (unpaired) electrons. The van der Waals surface area contributed by atoms with Crippen LogP contribution >= 0.6 is 11.8 Å². The fraction of sp³-hybridized carbons (Fsp3) is 0. The smallest absolute Gasteiger partial charge is 0.255 e. The largest absolute Gasteiger partial charge is 0.322 e. The summed E-state index contributed by atoms with van der Waals surface area (Å²) >= 11 is 1.08. The van der Waals surface area contributed by atoms with Crippen molar-refractivity contribution < 1.29 is 4.79 Å². The number of pyridine rings is 1. The van der Waals surface area contributed by atoms with Gasteiger partial charge in [0.25, 0.3) is 5.91 Å². The summed E-state index contributed by atoms with van der Waals surface area (Å²) in [5.41, 5.74) is 2.12. The van der Waals surface area contributed by atoms with E-state index in [-0.39, 0.29) is 5.91 Å². The number of carbonyl (C=O) groups excluding carboxylic acids is 1. The molecule has 0 spiro atoms. The zero-order valence-electron chi connectivity index (χ0n) is 10.9. The second-order valence-electron chi connectivity index (χ2n) is 4.31. The fourth-order valence-corrected chi connectivity index (χ4v) is 2.30. The molecule has 102 valence electrons. The number of thiocyanates is 1. The van der Waals surface area contributed by atoms with Crippen molar-refractivity contribution in [2.24, 2.45) is 0 Å². The molecule has 0 fully saturated rings. The maximum atomic E-state index is 12.2. The van der Waals surface area contributed by atoms with Gasteiger partial charge in [0.2, 0.25) is 0 Å². The summed E-state index contributed by atoms with van der Waals surface area (Å²) < 4.78 is 1.84. The maximum Gasteiger partial charge on any atom is 0.255 e. The Kier molecular flexibility index (Phi) is 3.58. The third-order valence-corrected chi connectivity index (χ3v) is 3.55. The Bertz CT molecular complexity index is 833. The molecular formula is C15H10N4OS. The van der Waals surface area contributed by atoms with Gasteiger partial charge in [-0.1, -0.05) is 0 Å². The molecule has 0 bridgehead atoms. The summed E-state index contributed by atoms with van der Waals surface area (Å²) in [6, 6.07) is 10.7. The first-order chi connectivity index (χ1) is 10.3. The molecule has 1 aromatic carbocycles. The van der Waals surface area contributed by atoms with Crippen molar-refractivity contribution in [3.63, 3.8) is 0 Å². The van der Waals surface area contributed by atoms with Crippen LogP contribution in [0, 0.1) is 10.7 Å². The fourth-order valence-electron chi connectivity index (χ4n) is 1.92. The minimum absolute atomic E-state index is 0.181. The van der Waals surface area contributed by atoms with E-state index < -0.39 is 0 Å². The molecule has 0 aliphatic rings. The monoisotopic (exact) mass is 294 g/mol. The quantitative estimate of drug-likeness (QED) is 0.595. The lowest BCUT2D eigenvalue weighted by molar-refractivity contribution is 0.102. The van der Waals surface area contributed by atoms with E-state index in [0.29, 0.717) is 11.3 Å². The van der Waals surface area contributed by atoms with Gasteiger partial charge < -0.3 is 9.72 Å². The van der Waals surface area contributed by atoms with E-state index in [4.69, 9.17) is 5.26 Å². The summed E-state index contributed by atoms with van der Waals surface area (Å²) in [5, 5.41) is 13.4. The van der Waals surface area contributed by atoms with E-state index in [1.165, 1.54) is 0 Å². The topological polar surface area (TPSA) is 70.2 Å². The molecule has 3 rings (SSSR count). The second-order valence-corrected chi connectivity index (χ2v) is 5.17. The predicted octanol–water partition coefficient (Wildman–Crippen LogP) is 3.16. The van der Waals surface area contributed by atoms with Gasteiger partial charge in [-0.2, -0.15) is 5.26 Å². The number of nitrogens with one attached hydrogen (secondary N) is 1. The van der Waals surface area contributed by atoms with E-state index in [2.05, 4.69) is 10.3 Å². The third kappa shape index (κ3) is 2.88. The number of thioether (sulfide) groups is 1. The van der Waals surface area contributed by atoms with Crippen LogP contribution in [0.2, 0.25) is 0 Å². The first-order valence-corrected chi connectivity index (χ1v) is 6.97. The number of imidazole rings is 1. The zero-order valence-corrected chi connectivity index (χ0v) is 11.7. The van der Waals surface area contributed by atoms with Gasteiger partial charge in [-0.3, -0.25) is 4.79 Å². The summed E-state index contributed by atoms with van der Waals surface area (Å²) in [4.78, 5) is 17.1. The molecule has 0 saturated heterocycles. The second kappa shape index (κ2) is 5.69. The number of carbonyl (C=O) groups is 1. The van der Waals surface area contributed by atoms with Crippen LogP contribution in [0.15, 0.2) is 60.0 Å². The van der Waals surface area contributed by atoms with Crippen LogP contribution in [0.25, 0.3) is 5.52 Å². The van der Waals surface area contributed by atoms with E-state index in [0.717, 1.165) is 22.2 Å². The van der Waals surface area contributed by atoms with Gasteiger partial charge in [-0.15, -0.1) is 0 Å². The van der Waals surface area contributed by atoms with Gasteiger partial charge in [-0.05, 0) is 48.2 Å². The molecule has 0 aliphatic carbocycles. The molecule has 1 N–H and O–H groups in total. The Morgan fingerprint density at radius 2 is 2.10 bits per heavy atom. The molecule has 21 heavy (non-hydrogen) atoms. The number of amides is 1. The van der Waals surface area contributed by atoms with Crippen molar-refractivity contribution in [3.05, 3.63) is 60.7 Å². The Labute approximate surface area is 125 Å². The molecular weight excluding hydrogens is 284 g/mol. The minimum Gasteiger partial charge on any atom is -0.322 e. The van der Waals surface area contributed by atoms with Crippen LogP contribution in [0.3, 0.4) is 0 Å². The first kappa shape index (κ1) is 13.2. The molecule has 0 atom stereocenters. The number of hydrogen-bond acceptors (Lipinski definition) is 4. The summed E-state index contributed by atoms with van der Waals surface area (Å²) in [7, 11) is 0. The van der Waals surface area contributed by atoms with Crippen molar-refractivity contribution in [3.8, 4) is 5.40 Å². The van der Waals surface area contributed by atoms with Gasteiger partial charge in [0.05, 0.1) is 18.0 Å². The first-order valence-electron chi connectivity index (χ1n) is 6.15. The van der Waals surface area contributed by atoms with E-state index in [1.54, 1.807) is 55.1 Å². The van der Waals surface area contributed by atoms with Gasteiger partial charge in [0, 0.05) is 22.3 Å². The highest BCUT2D eigenvalue weighted by Gasteiger charge is 2.07. The zero-order chi connectivity index (χ0) is 14.7. The molecule has 0 saturated carbocycles. The molecule has 2 heterocycles. The molecule has 2 aromatic heterocycles. The third-order valence-electron chi connectivity index (χ3n) is 2.95. The standard InChI is InChI=1S/C15H10N4OS/c16-9-21-14-3-1-12(2-4-14)18-15(20)11-5-6-19-10-17-8-13(19)7-11/h1-8,10H,(H,18,20). The van der Waals surface area contributed by atoms with Crippen molar-refractivity contribution in [1.82, 2.24) is 9.38 Å². The number of rotatable bonds is 3. The normalized spacial score (nSPS) is 10.2. The van der Waals surface area contributed by atoms with Gasteiger partial charge in [0.1, 0.15) is 5.40 Å². The minimum atomic E-state index is -0.181. The Morgan fingerprint density at radius 1 is 1.29 bits per heavy atom. The number of hydrogen-bond donors (Lipinski definition) is 1. The highest BCUT2D eigenvalue weighted by atomic mass is 32.2. The van der Waals surface area contributed by atoms with Crippen molar-refractivity contribution >= 4 is 28.9 Å². The van der Waals surface area contributed by atoms with E-state index in [9.17, 15) is 4.79 Å². The number of anilines is 1. The molecule has 5 nitrogen and oxygen atoms in total. The van der Waals surface area contributed by atoms with Crippen LogP contribution in [0.5, 0.6) is 0 Å². The number of nitriles is 1. The lowest BCUT2D eigenvalue weighted by atomic mass is 10.2. The Hall–Kier alpha value is -2.78. The molecule has 0 aliphatic heterocycles. The van der Waals surface area contributed by atoms with Crippen molar-refractivity contribution in [2.75, 3.05) is 5.32 Å². The SMILES string of the molecule is N#CSc1ccc(NC(=O)c2ccn3cncc3c2)cc1. The molecule has 6 heteroatoms. The average Bonchev–Trinajstić information content (AvgIpc) is 2.97. The van der Waals surface area contributed by atoms with Gasteiger partial charge in [0.15, 0.2) is 0 Å². The number of nitrogens with zero attached hydrogens (tertiary/aromatic N) is 3. The number of benzene rings is 1. The Balaban J connectivity index is 1.77. The van der Waals surface area contributed by atoms with Crippen molar-refractivity contribution in [1.29, 1.82) is 5.26 Å².